The van der Waals surface area contributed by atoms with Gasteiger partial charge in [-0.3, -0.25) is 4.79 Å². The maximum Gasteiger partial charge on any atom is 0.279 e. The lowest BCUT2D eigenvalue weighted by molar-refractivity contribution is -0.678. The van der Waals surface area contributed by atoms with Crippen LogP contribution in [-0.4, -0.2) is 12.5 Å². The number of benzene rings is 2. The second-order valence-electron chi connectivity index (χ2n) is 6.21. The normalized spacial score (nSPS) is 11.9. The van der Waals surface area contributed by atoms with Crippen molar-refractivity contribution in [1.82, 2.24) is 0 Å². The summed E-state index contributed by atoms with van der Waals surface area (Å²) in [5.74, 6) is 0.810. The van der Waals surface area contributed by atoms with Crippen LogP contribution in [0.15, 0.2) is 71.3 Å². The van der Waals surface area contributed by atoms with Crippen LogP contribution in [0.5, 0.6) is 0 Å². The minimum atomic E-state index is -0.0407. The van der Waals surface area contributed by atoms with E-state index in [1.807, 2.05) is 73.8 Å². The molecule has 0 spiro atoms. The Balaban J connectivity index is 1.68. The molecule has 0 aliphatic carbocycles. The van der Waals surface area contributed by atoms with Crippen LogP contribution in [0.3, 0.4) is 0 Å². The third kappa shape index (κ3) is 4.37. The average Bonchev–Trinajstić information content (AvgIpc) is 3.13. The van der Waals surface area contributed by atoms with Crippen LogP contribution in [0.2, 0.25) is 0 Å². The molecule has 1 aromatic heterocycles. The second-order valence-corrected chi connectivity index (χ2v) is 6.21. The van der Waals surface area contributed by atoms with Gasteiger partial charge in [-0.05, 0) is 37.6 Å². The Labute approximate surface area is 147 Å². The smallest absolute Gasteiger partial charge is 0.279 e. The van der Waals surface area contributed by atoms with Gasteiger partial charge in [0.05, 0.1) is 6.26 Å². The van der Waals surface area contributed by atoms with Crippen molar-refractivity contribution in [1.29, 1.82) is 0 Å². The molecule has 0 aliphatic rings. The van der Waals surface area contributed by atoms with Crippen molar-refractivity contribution in [2.45, 2.75) is 19.9 Å². The number of nitrogens with one attached hydrogen (secondary N) is 1. The van der Waals surface area contributed by atoms with Crippen molar-refractivity contribution in [3.05, 3.63) is 89.4 Å². The summed E-state index contributed by atoms with van der Waals surface area (Å²) in [4.78, 5) is 12.4. The minimum Gasteiger partial charge on any atom is -0.463 e. The van der Waals surface area contributed by atoms with Crippen LogP contribution >= 0.6 is 0 Å². The van der Waals surface area contributed by atoms with Gasteiger partial charge in [-0.1, -0.05) is 48.0 Å². The Hall–Kier alpha value is -2.85. The molecule has 1 atom stereocenters. The Morgan fingerprint density at radius 1 is 1.08 bits per heavy atom. The lowest BCUT2D eigenvalue weighted by Gasteiger charge is -2.14. The molecule has 0 unspecified atom stereocenters. The molecule has 2 aromatic carbocycles. The molecule has 25 heavy (non-hydrogen) atoms. The number of carbonyl (C=O) groups excluding carboxylic acids is 1. The highest BCUT2D eigenvalue weighted by Gasteiger charge is 2.21. The van der Waals surface area contributed by atoms with E-state index in [-0.39, 0.29) is 11.9 Å². The summed E-state index contributed by atoms with van der Waals surface area (Å²) in [6, 6.07) is 19.9. The number of anilines is 1. The van der Waals surface area contributed by atoms with Gasteiger partial charge in [0.25, 0.3) is 5.91 Å². The largest absolute Gasteiger partial charge is 0.463 e. The Bertz CT molecular complexity index is 826. The fourth-order valence-electron chi connectivity index (χ4n) is 2.93. The summed E-state index contributed by atoms with van der Waals surface area (Å²) in [5, 5.41) is 4.98. The van der Waals surface area contributed by atoms with Gasteiger partial charge in [-0.15, -0.1) is 0 Å². The molecule has 0 saturated carbocycles. The summed E-state index contributed by atoms with van der Waals surface area (Å²) in [6.45, 7) is 4.36. The topological polar surface area (TPSA) is 58.9 Å². The van der Waals surface area contributed by atoms with Gasteiger partial charge in [0.1, 0.15) is 0 Å². The van der Waals surface area contributed by atoms with E-state index in [0.29, 0.717) is 6.54 Å². The summed E-state index contributed by atoms with van der Waals surface area (Å²) in [5.41, 5.74) is 4.22. The van der Waals surface area contributed by atoms with E-state index >= 15 is 0 Å². The summed E-state index contributed by atoms with van der Waals surface area (Å²) in [7, 11) is 0. The number of aryl methyl sites for hydroxylation is 2. The molecule has 3 N–H and O–H groups in total. The fraction of sp³-hybridized carbons (Fsp3) is 0.190. The number of nitrogens with two attached hydrogens (primary N) is 1. The van der Waals surface area contributed by atoms with E-state index in [1.54, 1.807) is 6.26 Å². The van der Waals surface area contributed by atoms with Gasteiger partial charge >= 0.3 is 0 Å². The molecule has 0 fully saturated rings. The van der Waals surface area contributed by atoms with Crippen LogP contribution < -0.4 is 10.6 Å². The van der Waals surface area contributed by atoms with E-state index in [4.69, 9.17) is 4.42 Å². The zero-order valence-electron chi connectivity index (χ0n) is 14.5. The Morgan fingerprint density at radius 3 is 2.56 bits per heavy atom. The molecule has 128 valence electrons. The third-order valence-corrected chi connectivity index (χ3v) is 4.20. The van der Waals surface area contributed by atoms with E-state index in [1.165, 1.54) is 5.56 Å². The maximum absolute atomic E-state index is 12.4. The SMILES string of the molecule is Cc1ccc(NC(=O)C[NH2+][C@@H](c2ccccc2)c2ccco2)c(C)c1. The first-order valence-electron chi connectivity index (χ1n) is 8.42. The summed E-state index contributed by atoms with van der Waals surface area (Å²) >= 11 is 0. The highest BCUT2D eigenvalue weighted by molar-refractivity contribution is 5.92. The molecule has 0 aliphatic heterocycles. The number of hydrogen-bond acceptors (Lipinski definition) is 2. The Kier molecular flexibility index (Phi) is 5.31. The third-order valence-electron chi connectivity index (χ3n) is 4.20. The number of hydrogen-bond donors (Lipinski definition) is 2. The fourth-order valence-corrected chi connectivity index (χ4v) is 2.93. The van der Waals surface area contributed by atoms with Crippen LogP contribution in [0.1, 0.15) is 28.5 Å². The van der Waals surface area contributed by atoms with Gasteiger partial charge < -0.3 is 15.1 Å². The highest BCUT2D eigenvalue weighted by atomic mass is 16.3. The first-order valence-corrected chi connectivity index (χ1v) is 8.42. The van der Waals surface area contributed by atoms with Crippen molar-refractivity contribution < 1.29 is 14.5 Å². The van der Waals surface area contributed by atoms with Crippen molar-refractivity contribution in [3.8, 4) is 0 Å². The number of quaternary nitrogens is 1. The molecule has 0 radical (unpaired) electrons. The minimum absolute atomic E-state index is 0.0283. The van der Waals surface area contributed by atoms with E-state index < -0.39 is 0 Å². The number of rotatable bonds is 6. The second kappa shape index (κ2) is 7.81. The van der Waals surface area contributed by atoms with Crippen LogP contribution in [0, 0.1) is 13.8 Å². The van der Waals surface area contributed by atoms with Gasteiger partial charge in [0, 0.05) is 11.3 Å². The zero-order valence-corrected chi connectivity index (χ0v) is 14.5. The first-order chi connectivity index (χ1) is 12.1. The number of amides is 1. The van der Waals surface area contributed by atoms with Crippen molar-refractivity contribution in [2.24, 2.45) is 0 Å². The predicted octanol–water partition coefficient (Wildman–Crippen LogP) is 3.19. The molecule has 1 amide bonds. The molecule has 4 nitrogen and oxygen atoms in total. The molecular weight excluding hydrogens is 312 g/mol. The monoisotopic (exact) mass is 335 g/mol. The molecule has 4 heteroatoms. The van der Waals surface area contributed by atoms with Crippen molar-refractivity contribution >= 4 is 11.6 Å². The lowest BCUT2D eigenvalue weighted by atomic mass is 10.0. The van der Waals surface area contributed by atoms with Crippen LogP contribution in [0.4, 0.5) is 5.69 Å². The molecule has 3 rings (SSSR count). The van der Waals surface area contributed by atoms with E-state index in [0.717, 1.165) is 22.6 Å². The molecule has 0 bridgehead atoms. The van der Waals surface area contributed by atoms with Gasteiger partial charge in [-0.25, -0.2) is 0 Å². The van der Waals surface area contributed by atoms with Crippen LogP contribution in [0.25, 0.3) is 0 Å². The predicted molar refractivity (Wildman–Crippen MR) is 98.3 cm³/mol. The lowest BCUT2D eigenvalue weighted by Crippen LogP contribution is -2.87. The average molecular weight is 335 g/mol. The van der Waals surface area contributed by atoms with Crippen LogP contribution in [-0.2, 0) is 4.79 Å². The molecule has 3 aromatic rings. The van der Waals surface area contributed by atoms with Gasteiger partial charge in [0.15, 0.2) is 18.3 Å². The number of carbonyl (C=O) groups is 1. The summed E-state index contributed by atoms with van der Waals surface area (Å²) in [6.07, 6.45) is 1.66. The van der Waals surface area contributed by atoms with Crippen molar-refractivity contribution in [2.75, 3.05) is 11.9 Å². The summed E-state index contributed by atoms with van der Waals surface area (Å²) < 4.78 is 5.57. The maximum atomic E-state index is 12.4. The highest BCUT2D eigenvalue weighted by Crippen LogP contribution is 2.18. The number of furan rings is 1. The molecule has 1 heterocycles. The van der Waals surface area contributed by atoms with Gasteiger partial charge in [0.2, 0.25) is 0 Å². The standard InChI is InChI=1S/C21H22N2O2/c1-15-10-11-18(16(2)13-15)23-20(24)14-22-21(19-9-6-12-25-19)17-7-4-3-5-8-17/h3-13,21-22H,14H2,1-2H3,(H,23,24)/p+1/t21-/m0/s1. The molecular formula is C21H23N2O2+. The Morgan fingerprint density at radius 2 is 1.88 bits per heavy atom. The van der Waals surface area contributed by atoms with Gasteiger partial charge in [-0.2, -0.15) is 0 Å². The zero-order chi connectivity index (χ0) is 17.6. The quantitative estimate of drug-likeness (QED) is 0.727. The van der Waals surface area contributed by atoms with E-state index in [9.17, 15) is 4.79 Å². The first kappa shape index (κ1) is 17.0. The van der Waals surface area contributed by atoms with E-state index in [2.05, 4.69) is 11.4 Å². The van der Waals surface area contributed by atoms with Crippen molar-refractivity contribution in [3.63, 3.8) is 0 Å². The molecule has 0 saturated heterocycles.